The van der Waals surface area contributed by atoms with E-state index in [1.807, 2.05) is 6.08 Å². The van der Waals surface area contributed by atoms with Crippen LogP contribution in [0, 0.1) is 11.8 Å². The third-order valence-electron chi connectivity index (χ3n) is 4.58. The minimum absolute atomic E-state index is 0.137. The summed E-state index contributed by atoms with van der Waals surface area (Å²) in [6, 6.07) is 0. The normalized spacial score (nSPS) is 21.7. The molecule has 3 nitrogen and oxygen atoms in total. The van der Waals surface area contributed by atoms with Crippen molar-refractivity contribution in [3.8, 4) is 0 Å². The first kappa shape index (κ1) is 19.7. The molecule has 0 radical (unpaired) electrons. The van der Waals surface area contributed by atoms with E-state index in [1.54, 1.807) is 0 Å². The molecule has 1 rings (SSSR count). The average molecular weight is 320 g/mol. The van der Waals surface area contributed by atoms with E-state index in [1.165, 1.54) is 25.7 Å². The number of hydrogen-bond donors (Lipinski definition) is 1. The van der Waals surface area contributed by atoms with E-state index in [2.05, 4.69) is 25.2 Å². The van der Waals surface area contributed by atoms with Crippen molar-refractivity contribution in [2.75, 3.05) is 0 Å². The second-order valence-electron chi connectivity index (χ2n) is 6.55. The van der Waals surface area contributed by atoms with Gasteiger partial charge in [0, 0.05) is 18.8 Å². The lowest BCUT2D eigenvalue weighted by molar-refractivity contribution is -0.137. The van der Waals surface area contributed by atoms with Gasteiger partial charge in [-0.1, -0.05) is 50.5 Å². The summed E-state index contributed by atoms with van der Waals surface area (Å²) in [6.07, 6.45) is 19.1. The molecule has 0 aromatic heterocycles. The molecular weight excluding hydrogens is 288 g/mol. The molecule has 0 aromatic rings. The van der Waals surface area contributed by atoms with Gasteiger partial charge in [-0.05, 0) is 44.4 Å². The van der Waals surface area contributed by atoms with Crippen LogP contribution in [0.5, 0.6) is 0 Å². The number of aliphatic carboxylic acids is 1. The summed E-state index contributed by atoms with van der Waals surface area (Å²) in [5.41, 5.74) is 0. The molecule has 0 aromatic carbocycles. The van der Waals surface area contributed by atoms with Gasteiger partial charge in [0.15, 0.2) is 0 Å². The molecule has 2 atom stereocenters. The van der Waals surface area contributed by atoms with Crippen LogP contribution in [0.15, 0.2) is 24.3 Å². The van der Waals surface area contributed by atoms with Crippen LogP contribution < -0.4 is 0 Å². The van der Waals surface area contributed by atoms with Crippen molar-refractivity contribution in [2.45, 2.75) is 77.6 Å². The number of unbranched alkanes of at least 4 members (excludes halogenated alkanes) is 5. The molecule has 0 amide bonds. The van der Waals surface area contributed by atoms with Crippen LogP contribution >= 0.6 is 0 Å². The van der Waals surface area contributed by atoms with Gasteiger partial charge in [0.25, 0.3) is 0 Å². The van der Waals surface area contributed by atoms with Crippen molar-refractivity contribution < 1.29 is 14.7 Å². The molecule has 1 aliphatic carbocycles. The molecule has 1 aliphatic rings. The number of carboxylic acid groups (broad SMARTS) is 1. The summed E-state index contributed by atoms with van der Waals surface area (Å²) in [7, 11) is 0. The Hall–Kier alpha value is -1.38. The summed E-state index contributed by atoms with van der Waals surface area (Å²) in [6.45, 7) is 2.22. The van der Waals surface area contributed by atoms with E-state index in [0.717, 1.165) is 25.7 Å². The van der Waals surface area contributed by atoms with Crippen molar-refractivity contribution in [1.82, 2.24) is 0 Å². The zero-order valence-electron chi connectivity index (χ0n) is 14.5. The highest BCUT2D eigenvalue weighted by Gasteiger charge is 2.31. The standard InChI is InChI=1S/C20H32O3/c1-2-3-4-5-6-9-12-17-15-16-19(21)18(17)13-10-7-8-11-14-20(22)23/h7,9-10,12,17-18H,2-6,8,11,13-16H2,1H3,(H,22,23)/b10-7-,12-9+/t17-,18-/m0/s1. The van der Waals surface area contributed by atoms with E-state index in [4.69, 9.17) is 5.11 Å². The van der Waals surface area contributed by atoms with Crippen LogP contribution in [0.3, 0.4) is 0 Å². The topological polar surface area (TPSA) is 54.4 Å². The lowest BCUT2D eigenvalue weighted by Crippen LogP contribution is -2.12. The van der Waals surface area contributed by atoms with Gasteiger partial charge >= 0.3 is 5.97 Å². The Labute approximate surface area is 140 Å². The van der Waals surface area contributed by atoms with E-state index in [0.29, 0.717) is 24.5 Å². The van der Waals surface area contributed by atoms with Crippen LogP contribution in [0.2, 0.25) is 0 Å². The summed E-state index contributed by atoms with van der Waals surface area (Å²) in [4.78, 5) is 22.5. The number of Topliss-reactive ketones (excluding diaryl/α,β-unsaturated/α-hetero) is 1. The molecule has 130 valence electrons. The summed E-state index contributed by atoms with van der Waals surface area (Å²) >= 11 is 0. The molecule has 0 bridgehead atoms. The molecule has 1 saturated carbocycles. The Morgan fingerprint density at radius 1 is 1.13 bits per heavy atom. The fourth-order valence-electron chi connectivity index (χ4n) is 3.16. The number of carbonyl (C=O) groups excluding carboxylic acids is 1. The third-order valence-corrected chi connectivity index (χ3v) is 4.58. The number of ketones is 1. The maximum atomic E-state index is 12.0. The Balaban J connectivity index is 2.27. The first-order valence-corrected chi connectivity index (χ1v) is 9.21. The van der Waals surface area contributed by atoms with E-state index in [9.17, 15) is 9.59 Å². The van der Waals surface area contributed by atoms with E-state index >= 15 is 0 Å². The van der Waals surface area contributed by atoms with Gasteiger partial charge in [0.2, 0.25) is 0 Å². The molecule has 0 saturated heterocycles. The first-order chi connectivity index (χ1) is 11.1. The lowest BCUT2D eigenvalue weighted by Gasteiger charge is -2.12. The van der Waals surface area contributed by atoms with Crippen molar-refractivity contribution in [1.29, 1.82) is 0 Å². The number of carbonyl (C=O) groups is 2. The Morgan fingerprint density at radius 3 is 2.65 bits per heavy atom. The molecule has 0 aliphatic heterocycles. The van der Waals surface area contributed by atoms with Gasteiger partial charge in [-0.25, -0.2) is 0 Å². The molecule has 0 spiro atoms. The molecule has 0 heterocycles. The maximum Gasteiger partial charge on any atom is 0.303 e. The van der Waals surface area contributed by atoms with Crippen LogP contribution in [-0.4, -0.2) is 16.9 Å². The fraction of sp³-hybridized carbons (Fsp3) is 0.700. The monoisotopic (exact) mass is 320 g/mol. The summed E-state index contributed by atoms with van der Waals surface area (Å²) in [5, 5.41) is 8.59. The summed E-state index contributed by atoms with van der Waals surface area (Å²) < 4.78 is 0. The second-order valence-corrected chi connectivity index (χ2v) is 6.55. The first-order valence-electron chi connectivity index (χ1n) is 9.21. The third kappa shape index (κ3) is 8.73. The van der Waals surface area contributed by atoms with Gasteiger partial charge in [-0.15, -0.1) is 0 Å². The fourth-order valence-corrected chi connectivity index (χ4v) is 3.16. The minimum atomic E-state index is -0.742. The largest absolute Gasteiger partial charge is 0.481 e. The maximum absolute atomic E-state index is 12.0. The van der Waals surface area contributed by atoms with Gasteiger partial charge in [0.05, 0.1) is 0 Å². The highest BCUT2D eigenvalue weighted by molar-refractivity contribution is 5.83. The number of rotatable bonds is 12. The molecule has 1 N–H and O–H groups in total. The molecule has 0 unspecified atom stereocenters. The molecular formula is C20H32O3. The van der Waals surface area contributed by atoms with Crippen molar-refractivity contribution >= 4 is 11.8 Å². The second kappa shape index (κ2) is 12.1. The van der Waals surface area contributed by atoms with Crippen LogP contribution in [0.4, 0.5) is 0 Å². The lowest BCUT2D eigenvalue weighted by atomic mass is 9.91. The Kier molecular flexibility index (Phi) is 10.3. The van der Waals surface area contributed by atoms with Crippen molar-refractivity contribution in [3.05, 3.63) is 24.3 Å². The smallest absolute Gasteiger partial charge is 0.303 e. The quantitative estimate of drug-likeness (QED) is 0.391. The van der Waals surface area contributed by atoms with Gasteiger partial charge in [-0.3, -0.25) is 9.59 Å². The predicted molar refractivity (Wildman–Crippen MR) is 94.4 cm³/mol. The SMILES string of the molecule is CCCCCC/C=C/[C@H]1CCC(=O)[C@H]1C/C=C\CCCC(=O)O. The Bertz CT molecular complexity index is 409. The van der Waals surface area contributed by atoms with Gasteiger partial charge in [-0.2, -0.15) is 0 Å². The number of carboxylic acids is 1. The van der Waals surface area contributed by atoms with Crippen LogP contribution in [0.25, 0.3) is 0 Å². The van der Waals surface area contributed by atoms with Gasteiger partial charge < -0.3 is 5.11 Å². The highest BCUT2D eigenvalue weighted by atomic mass is 16.4. The molecule has 23 heavy (non-hydrogen) atoms. The zero-order chi connectivity index (χ0) is 16.9. The number of hydrogen-bond acceptors (Lipinski definition) is 2. The average Bonchev–Trinajstić information content (AvgIpc) is 2.86. The molecule has 3 heteroatoms. The van der Waals surface area contributed by atoms with Crippen LogP contribution in [0.1, 0.15) is 77.6 Å². The minimum Gasteiger partial charge on any atom is -0.481 e. The summed E-state index contributed by atoms with van der Waals surface area (Å²) in [5.74, 6) is 0.185. The predicted octanol–water partition coefficient (Wildman–Crippen LogP) is 5.31. The van der Waals surface area contributed by atoms with E-state index in [-0.39, 0.29) is 12.3 Å². The van der Waals surface area contributed by atoms with Crippen molar-refractivity contribution in [3.63, 3.8) is 0 Å². The van der Waals surface area contributed by atoms with Gasteiger partial charge in [0.1, 0.15) is 5.78 Å². The Morgan fingerprint density at radius 2 is 1.91 bits per heavy atom. The number of allylic oxidation sites excluding steroid dienone is 4. The highest BCUT2D eigenvalue weighted by Crippen LogP contribution is 2.32. The van der Waals surface area contributed by atoms with Crippen LogP contribution in [-0.2, 0) is 9.59 Å². The zero-order valence-corrected chi connectivity index (χ0v) is 14.5. The van der Waals surface area contributed by atoms with E-state index < -0.39 is 5.97 Å². The van der Waals surface area contributed by atoms with Crippen molar-refractivity contribution in [2.24, 2.45) is 11.8 Å². The molecule has 1 fully saturated rings.